The van der Waals surface area contributed by atoms with Crippen molar-refractivity contribution in [2.24, 2.45) is 10.2 Å². The number of benzene rings is 2. The molecule has 0 aliphatic heterocycles. The quantitative estimate of drug-likeness (QED) is 0.365. The maximum Gasteiger partial charge on any atom is 0.338 e. The highest BCUT2D eigenvalue weighted by Gasteiger charge is 2.06. The molecule has 0 bridgehead atoms. The monoisotopic (exact) mass is 297 g/mol. The van der Waals surface area contributed by atoms with Gasteiger partial charge in [0.1, 0.15) is 0 Å². The molecule has 0 fully saturated rings. The number of nitrogens with two attached hydrogens (primary N) is 1. The molecule has 0 heterocycles. The highest BCUT2D eigenvalue weighted by Crippen LogP contribution is 2.19. The van der Waals surface area contributed by atoms with Crippen LogP contribution in [0.5, 0.6) is 0 Å². The summed E-state index contributed by atoms with van der Waals surface area (Å²) in [6.07, 6.45) is 1.87. The fourth-order valence-corrected chi connectivity index (χ4v) is 1.71. The van der Waals surface area contributed by atoms with Crippen LogP contribution in [0.15, 0.2) is 58.8 Å². The van der Waals surface area contributed by atoms with Crippen molar-refractivity contribution in [1.29, 1.82) is 0 Å². The van der Waals surface area contributed by atoms with E-state index in [2.05, 4.69) is 17.2 Å². The van der Waals surface area contributed by atoms with E-state index in [1.165, 1.54) is 0 Å². The van der Waals surface area contributed by atoms with Gasteiger partial charge in [0.15, 0.2) is 0 Å². The number of esters is 1. The number of anilines is 1. The van der Waals surface area contributed by atoms with Crippen molar-refractivity contribution >= 4 is 23.0 Å². The molecule has 0 saturated carbocycles. The van der Waals surface area contributed by atoms with Crippen LogP contribution in [-0.2, 0) is 4.74 Å². The second-order valence-corrected chi connectivity index (χ2v) is 4.83. The first-order valence-corrected chi connectivity index (χ1v) is 7.23. The molecule has 0 aromatic heterocycles. The van der Waals surface area contributed by atoms with Gasteiger partial charge in [-0.05, 0) is 55.0 Å². The number of nitrogens with zero attached hydrogens (tertiary/aromatic N) is 2. The molecule has 22 heavy (non-hydrogen) atoms. The molecule has 2 N–H and O–H groups in total. The maximum atomic E-state index is 11.8. The number of unbranched alkanes of at least 4 members (excludes halogenated alkanes) is 1. The minimum absolute atomic E-state index is 0.310. The third-order valence-electron chi connectivity index (χ3n) is 3.01. The zero-order valence-electron chi connectivity index (χ0n) is 12.5. The minimum Gasteiger partial charge on any atom is -0.462 e. The van der Waals surface area contributed by atoms with Crippen molar-refractivity contribution in [3.8, 4) is 0 Å². The standard InChI is InChI=1S/C17H19N3O2/c1-2-3-12-22-17(21)13-4-8-15(9-5-13)19-20-16-10-6-14(18)7-11-16/h4-11H,2-3,12,18H2,1H3. The van der Waals surface area contributed by atoms with E-state index in [-0.39, 0.29) is 5.97 Å². The summed E-state index contributed by atoms with van der Waals surface area (Å²) >= 11 is 0. The highest BCUT2D eigenvalue weighted by atomic mass is 16.5. The molecule has 5 nitrogen and oxygen atoms in total. The van der Waals surface area contributed by atoms with Gasteiger partial charge >= 0.3 is 5.97 Å². The molecule has 0 saturated heterocycles. The molecule has 5 heteroatoms. The topological polar surface area (TPSA) is 77.0 Å². The molecule has 0 aliphatic rings. The van der Waals surface area contributed by atoms with Gasteiger partial charge in [-0.15, -0.1) is 0 Å². The van der Waals surface area contributed by atoms with Crippen LogP contribution in [-0.4, -0.2) is 12.6 Å². The number of azo groups is 1. The van der Waals surface area contributed by atoms with Gasteiger partial charge in [-0.25, -0.2) is 4.79 Å². The minimum atomic E-state index is -0.310. The van der Waals surface area contributed by atoms with Crippen molar-refractivity contribution < 1.29 is 9.53 Å². The number of rotatable bonds is 6. The number of ether oxygens (including phenoxy) is 1. The average molecular weight is 297 g/mol. The largest absolute Gasteiger partial charge is 0.462 e. The Morgan fingerprint density at radius 3 is 2.09 bits per heavy atom. The molecule has 0 radical (unpaired) electrons. The molecule has 0 amide bonds. The smallest absolute Gasteiger partial charge is 0.338 e. The van der Waals surface area contributed by atoms with E-state index in [4.69, 9.17) is 10.5 Å². The predicted octanol–water partition coefficient (Wildman–Crippen LogP) is 4.64. The van der Waals surface area contributed by atoms with Crippen molar-refractivity contribution in [3.05, 3.63) is 54.1 Å². The Labute approximate surface area is 129 Å². The lowest BCUT2D eigenvalue weighted by atomic mass is 10.2. The van der Waals surface area contributed by atoms with Crippen LogP contribution < -0.4 is 5.73 Å². The molecule has 114 valence electrons. The summed E-state index contributed by atoms with van der Waals surface area (Å²) < 4.78 is 5.14. The fourth-order valence-electron chi connectivity index (χ4n) is 1.71. The lowest BCUT2D eigenvalue weighted by Gasteiger charge is -2.03. The van der Waals surface area contributed by atoms with Gasteiger partial charge in [-0.3, -0.25) is 0 Å². The first kappa shape index (κ1) is 15.7. The fraction of sp³-hybridized carbons (Fsp3) is 0.235. The summed E-state index contributed by atoms with van der Waals surface area (Å²) in [4.78, 5) is 11.8. The molecule has 0 unspecified atom stereocenters. The Morgan fingerprint density at radius 1 is 1.00 bits per heavy atom. The van der Waals surface area contributed by atoms with Gasteiger partial charge in [-0.2, -0.15) is 10.2 Å². The molecular formula is C17H19N3O2. The van der Waals surface area contributed by atoms with E-state index in [0.717, 1.165) is 18.5 Å². The first-order chi connectivity index (χ1) is 10.7. The van der Waals surface area contributed by atoms with Gasteiger partial charge in [0, 0.05) is 5.69 Å². The second kappa shape index (κ2) is 7.93. The Balaban J connectivity index is 1.96. The van der Waals surface area contributed by atoms with Crippen LogP contribution >= 0.6 is 0 Å². The van der Waals surface area contributed by atoms with Crippen molar-refractivity contribution in [2.75, 3.05) is 12.3 Å². The van der Waals surface area contributed by atoms with Crippen molar-refractivity contribution in [2.45, 2.75) is 19.8 Å². The van der Waals surface area contributed by atoms with Crippen LogP contribution in [0, 0.1) is 0 Å². The highest BCUT2D eigenvalue weighted by molar-refractivity contribution is 5.89. The van der Waals surface area contributed by atoms with Crippen molar-refractivity contribution in [3.63, 3.8) is 0 Å². The van der Waals surface area contributed by atoms with Crippen LogP contribution in [0.3, 0.4) is 0 Å². The maximum absolute atomic E-state index is 11.8. The van der Waals surface area contributed by atoms with Crippen LogP contribution in [0.25, 0.3) is 0 Å². The molecule has 2 rings (SSSR count). The summed E-state index contributed by atoms with van der Waals surface area (Å²) in [6.45, 7) is 2.50. The van der Waals surface area contributed by atoms with Gasteiger partial charge in [0.2, 0.25) is 0 Å². The lowest BCUT2D eigenvalue weighted by Crippen LogP contribution is -2.05. The predicted molar refractivity (Wildman–Crippen MR) is 86.7 cm³/mol. The van der Waals surface area contributed by atoms with Crippen LogP contribution in [0.1, 0.15) is 30.1 Å². The van der Waals surface area contributed by atoms with Gasteiger partial charge in [0.25, 0.3) is 0 Å². The van der Waals surface area contributed by atoms with Crippen LogP contribution in [0.4, 0.5) is 17.1 Å². The first-order valence-electron chi connectivity index (χ1n) is 7.23. The normalized spacial score (nSPS) is 10.8. The molecule has 0 spiro atoms. The zero-order valence-corrected chi connectivity index (χ0v) is 12.5. The third kappa shape index (κ3) is 4.70. The Bertz CT molecular complexity index is 634. The summed E-state index contributed by atoms with van der Waals surface area (Å²) in [5, 5.41) is 8.22. The number of carbonyl (C=O) groups is 1. The Hall–Kier alpha value is -2.69. The lowest BCUT2D eigenvalue weighted by molar-refractivity contribution is 0.0500. The molecule has 2 aromatic rings. The van der Waals surface area contributed by atoms with Gasteiger partial charge in [0.05, 0.1) is 23.5 Å². The van der Waals surface area contributed by atoms with E-state index in [1.807, 2.05) is 0 Å². The third-order valence-corrected chi connectivity index (χ3v) is 3.01. The number of nitrogen functional groups attached to an aromatic ring is 1. The molecule has 0 atom stereocenters. The zero-order chi connectivity index (χ0) is 15.8. The number of hydrogen-bond acceptors (Lipinski definition) is 5. The molecule has 0 aliphatic carbocycles. The number of carbonyl (C=O) groups excluding carboxylic acids is 1. The van der Waals surface area contributed by atoms with Crippen LogP contribution in [0.2, 0.25) is 0 Å². The van der Waals surface area contributed by atoms with Gasteiger partial charge in [-0.1, -0.05) is 13.3 Å². The van der Waals surface area contributed by atoms with E-state index in [9.17, 15) is 4.79 Å². The Kier molecular flexibility index (Phi) is 5.65. The summed E-state index contributed by atoms with van der Waals surface area (Å²) in [6, 6.07) is 14.0. The van der Waals surface area contributed by atoms with E-state index in [0.29, 0.717) is 23.5 Å². The van der Waals surface area contributed by atoms with E-state index >= 15 is 0 Å². The summed E-state index contributed by atoms with van der Waals surface area (Å²) in [5.74, 6) is -0.310. The summed E-state index contributed by atoms with van der Waals surface area (Å²) in [7, 11) is 0. The number of hydrogen-bond donors (Lipinski definition) is 1. The SMILES string of the molecule is CCCCOC(=O)c1ccc(N=Nc2ccc(N)cc2)cc1. The molecule has 2 aromatic carbocycles. The van der Waals surface area contributed by atoms with Gasteiger partial charge < -0.3 is 10.5 Å². The summed E-state index contributed by atoms with van der Waals surface area (Å²) in [5.41, 5.74) is 8.20. The van der Waals surface area contributed by atoms with E-state index in [1.54, 1.807) is 48.5 Å². The van der Waals surface area contributed by atoms with Crippen molar-refractivity contribution in [1.82, 2.24) is 0 Å². The van der Waals surface area contributed by atoms with E-state index < -0.39 is 0 Å². The average Bonchev–Trinajstić information content (AvgIpc) is 2.55. The molecular weight excluding hydrogens is 278 g/mol. The Morgan fingerprint density at radius 2 is 1.55 bits per heavy atom. The second-order valence-electron chi connectivity index (χ2n) is 4.83.